The van der Waals surface area contributed by atoms with Crippen LogP contribution >= 0.6 is 15.9 Å². The van der Waals surface area contributed by atoms with Crippen molar-refractivity contribution in [1.82, 2.24) is 0 Å². The van der Waals surface area contributed by atoms with Crippen LogP contribution in [-0.2, 0) is 6.54 Å². The van der Waals surface area contributed by atoms with Crippen LogP contribution < -0.4 is 10.6 Å². The minimum absolute atomic E-state index is 0.780. The predicted octanol–water partition coefficient (Wildman–Crippen LogP) is 4.37. The first kappa shape index (κ1) is 13.9. The lowest BCUT2D eigenvalue weighted by molar-refractivity contribution is 0.831. The second-order valence-corrected chi connectivity index (χ2v) is 5.56. The van der Waals surface area contributed by atoms with E-state index in [0.29, 0.717) is 0 Å². The summed E-state index contributed by atoms with van der Waals surface area (Å²) >= 11 is 3.48. The maximum absolute atomic E-state index is 5.82. The molecule has 0 heterocycles. The summed E-state index contributed by atoms with van der Waals surface area (Å²) in [6.45, 7) is 6.15. The van der Waals surface area contributed by atoms with Gasteiger partial charge in [0.05, 0.1) is 0 Å². The number of nitrogen functional groups attached to an aromatic ring is 1. The lowest BCUT2D eigenvalue weighted by Crippen LogP contribution is -2.21. The molecule has 2 rings (SSSR count). The Morgan fingerprint density at radius 2 is 1.79 bits per heavy atom. The molecular weight excluding hydrogens is 300 g/mol. The van der Waals surface area contributed by atoms with E-state index >= 15 is 0 Å². The molecule has 2 nitrogen and oxygen atoms in total. The molecule has 2 N–H and O–H groups in total. The van der Waals surface area contributed by atoms with E-state index in [0.717, 1.165) is 23.2 Å². The Hall–Kier alpha value is -1.48. The summed E-state index contributed by atoms with van der Waals surface area (Å²) in [5.41, 5.74) is 10.4. The first-order valence-electron chi connectivity index (χ1n) is 6.45. The second-order valence-electron chi connectivity index (χ2n) is 4.71. The highest BCUT2D eigenvalue weighted by Crippen LogP contribution is 2.23. The van der Waals surface area contributed by atoms with Crippen molar-refractivity contribution in [2.75, 3.05) is 17.2 Å². The largest absolute Gasteiger partial charge is 0.398 e. The second kappa shape index (κ2) is 6.11. The minimum Gasteiger partial charge on any atom is -0.398 e. The Kier molecular flexibility index (Phi) is 4.48. The third-order valence-corrected chi connectivity index (χ3v) is 3.91. The van der Waals surface area contributed by atoms with Crippen LogP contribution in [0.2, 0.25) is 0 Å². The van der Waals surface area contributed by atoms with Gasteiger partial charge in [-0.3, -0.25) is 0 Å². The van der Waals surface area contributed by atoms with Crippen molar-refractivity contribution in [2.24, 2.45) is 0 Å². The van der Waals surface area contributed by atoms with E-state index in [9.17, 15) is 0 Å². The van der Waals surface area contributed by atoms with Gasteiger partial charge in [-0.15, -0.1) is 0 Å². The Bertz CT molecular complexity index is 549. The molecule has 0 saturated heterocycles. The molecule has 0 aliphatic rings. The zero-order valence-corrected chi connectivity index (χ0v) is 12.9. The maximum atomic E-state index is 5.82. The van der Waals surface area contributed by atoms with Crippen LogP contribution in [0.1, 0.15) is 18.1 Å². The van der Waals surface area contributed by atoms with Crippen LogP contribution in [0.15, 0.2) is 46.9 Å². The molecule has 2 aromatic rings. The quantitative estimate of drug-likeness (QED) is 0.848. The van der Waals surface area contributed by atoms with Crippen LogP contribution in [0, 0.1) is 6.92 Å². The Labute approximate surface area is 123 Å². The topological polar surface area (TPSA) is 29.3 Å². The van der Waals surface area contributed by atoms with Gasteiger partial charge in [-0.2, -0.15) is 0 Å². The average Bonchev–Trinajstić information content (AvgIpc) is 2.41. The fraction of sp³-hybridized carbons (Fsp3) is 0.250. The normalized spacial score (nSPS) is 10.5. The molecule has 0 aromatic heterocycles. The third-order valence-electron chi connectivity index (χ3n) is 3.22. The van der Waals surface area contributed by atoms with E-state index < -0.39 is 0 Å². The fourth-order valence-electron chi connectivity index (χ4n) is 2.03. The zero-order chi connectivity index (χ0) is 13.8. The molecule has 2 aromatic carbocycles. The van der Waals surface area contributed by atoms with Crippen LogP contribution in [0.3, 0.4) is 0 Å². The van der Waals surface area contributed by atoms with Gasteiger partial charge in [0.1, 0.15) is 0 Å². The summed E-state index contributed by atoms with van der Waals surface area (Å²) < 4.78 is 0.963. The van der Waals surface area contributed by atoms with Crippen LogP contribution in [0.5, 0.6) is 0 Å². The molecular formula is C16H19BrN2. The molecule has 3 heteroatoms. The molecule has 0 radical (unpaired) electrons. The van der Waals surface area contributed by atoms with Crippen LogP contribution in [-0.4, -0.2) is 6.54 Å². The Balaban J connectivity index is 2.18. The zero-order valence-electron chi connectivity index (χ0n) is 11.4. The van der Waals surface area contributed by atoms with Crippen molar-refractivity contribution < 1.29 is 0 Å². The monoisotopic (exact) mass is 318 g/mol. The third kappa shape index (κ3) is 3.51. The molecule has 0 fully saturated rings. The maximum Gasteiger partial charge on any atom is 0.0458 e. The van der Waals surface area contributed by atoms with E-state index in [1.54, 1.807) is 0 Å². The first-order valence-corrected chi connectivity index (χ1v) is 7.25. The van der Waals surface area contributed by atoms with Gasteiger partial charge in [0.2, 0.25) is 0 Å². The molecule has 0 amide bonds. The average molecular weight is 319 g/mol. The highest BCUT2D eigenvalue weighted by molar-refractivity contribution is 9.10. The molecule has 0 saturated carbocycles. The molecule has 0 atom stereocenters. The molecule has 100 valence electrons. The Morgan fingerprint density at radius 3 is 2.37 bits per heavy atom. The molecule has 0 unspecified atom stereocenters. The highest BCUT2D eigenvalue weighted by Gasteiger charge is 2.06. The number of benzene rings is 2. The SMILES string of the molecule is CCN(Cc1ccc(N)c(Br)c1)c1ccc(C)cc1. The number of nitrogens with zero attached hydrogens (tertiary/aromatic N) is 1. The van der Waals surface area contributed by atoms with Crippen molar-refractivity contribution in [3.63, 3.8) is 0 Å². The van der Waals surface area contributed by atoms with Crippen molar-refractivity contribution >= 4 is 27.3 Å². The van der Waals surface area contributed by atoms with Gasteiger partial charge in [-0.05, 0) is 59.6 Å². The number of anilines is 2. The van der Waals surface area contributed by atoms with Crippen molar-refractivity contribution in [2.45, 2.75) is 20.4 Å². The van der Waals surface area contributed by atoms with Gasteiger partial charge < -0.3 is 10.6 Å². The van der Waals surface area contributed by atoms with Crippen molar-refractivity contribution in [1.29, 1.82) is 0 Å². The number of hydrogen-bond acceptors (Lipinski definition) is 2. The molecule has 0 aliphatic carbocycles. The summed E-state index contributed by atoms with van der Waals surface area (Å²) in [7, 11) is 0. The molecule has 0 aliphatic heterocycles. The van der Waals surface area contributed by atoms with Gasteiger partial charge >= 0.3 is 0 Å². The fourth-order valence-corrected chi connectivity index (χ4v) is 2.46. The van der Waals surface area contributed by atoms with Gasteiger partial charge in [0.25, 0.3) is 0 Å². The standard InChI is InChI=1S/C16H19BrN2/c1-3-19(14-7-4-12(2)5-8-14)11-13-6-9-16(18)15(17)10-13/h4-10H,3,11,18H2,1-2H3. The number of rotatable bonds is 4. The number of hydrogen-bond donors (Lipinski definition) is 1. The lowest BCUT2D eigenvalue weighted by atomic mass is 10.1. The minimum atomic E-state index is 0.780. The van der Waals surface area contributed by atoms with E-state index in [1.165, 1.54) is 16.8 Å². The number of halogens is 1. The summed E-state index contributed by atoms with van der Waals surface area (Å²) in [5.74, 6) is 0. The van der Waals surface area contributed by atoms with E-state index in [-0.39, 0.29) is 0 Å². The summed E-state index contributed by atoms with van der Waals surface area (Å²) in [6.07, 6.45) is 0. The molecule has 0 bridgehead atoms. The van der Waals surface area contributed by atoms with E-state index in [4.69, 9.17) is 5.73 Å². The van der Waals surface area contributed by atoms with E-state index in [2.05, 4.69) is 71.1 Å². The van der Waals surface area contributed by atoms with Gasteiger partial charge in [-0.25, -0.2) is 0 Å². The summed E-state index contributed by atoms with van der Waals surface area (Å²) in [5, 5.41) is 0. The van der Waals surface area contributed by atoms with Crippen molar-refractivity contribution in [3.8, 4) is 0 Å². The molecule has 19 heavy (non-hydrogen) atoms. The van der Waals surface area contributed by atoms with Crippen LogP contribution in [0.25, 0.3) is 0 Å². The smallest absolute Gasteiger partial charge is 0.0458 e. The Morgan fingerprint density at radius 1 is 1.11 bits per heavy atom. The van der Waals surface area contributed by atoms with Gasteiger partial charge in [0, 0.05) is 28.9 Å². The highest BCUT2D eigenvalue weighted by atomic mass is 79.9. The lowest BCUT2D eigenvalue weighted by Gasteiger charge is -2.23. The first-order chi connectivity index (χ1) is 9.10. The van der Waals surface area contributed by atoms with E-state index in [1.807, 2.05) is 6.07 Å². The summed E-state index contributed by atoms with van der Waals surface area (Å²) in [4.78, 5) is 2.34. The van der Waals surface area contributed by atoms with Crippen LogP contribution in [0.4, 0.5) is 11.4 Å². The molecule has 0 spiro atoms. The van der Waals surface area contributed by atoms with Gasteiger partial charge in [0.15, 0.2) is 0 Å². The number of aryl methyl sites for hydroxylation is 1. The van der Waals surface area contributed by atoms with Gasteiger partial charge in [-0.1, -0.05) is 23.8 Å². The predicted molar refractivity (Wildman–Crippen MR) is 86.5 cm³/mol. The van der Waals surface area contributed by atoms with Crippen molar-refractivity contribution in [3.05, 3.63) is 58.1 Å². The summed E-state index contributed by atoms with van der Waals surface area (Å²) in [6, 6.07) is 14.8. The number of nitrogens with two attached hydrogens (primary N) is 1.